The number of rotatable bonds is 11. The van der Waals surface area contributed by atoms with E-state index in [-0.39, 0.29) is 0 Å². The molecule has 0 N–H and O–H groups in total. The zero-order valence-electron chi connectivity index (χ0n) is 13.6. The smallest absolute Gasteiger partial charge is 0.0172 e. The molecule has 0 radical (unpaired) electrons. The zero-order valence-corrected chi connectivity index (χ0v) is 13.6. The first-order chi connectivity index (χ1) is 9.86. The SMILES string of the molecule is CCCCCCN(C=C1C=CC=CC1)CCCCCC. The Kier molecular flexibility index (Phi) is 10.1. The van der Waals surface area contributed by atoms with Gasteiger partial charge in [-0.15, -0.1) is 0 Å². The standard InChI is InChI=1S/C19H33N/c1-3-5-7-12-16-20(17-13-8-6-4-2)18-19-14-10-9-11-15-19/h9-11,14,18H,3-8,12-13,15-17H2,1-2H3. The van der Waals surface area contributed by atoms with Gasteiger partial charge in [0.25, 0.3) is 0 Å². The first-order valence-corrected chi connectivity index (χ1v) is 8.64. The quantitative estimate of drug-likeness (QED) is 0.428. The van der Waals surface area contributed by atoms with Gasteiger partial charge in [0, 0.05) is 19.3 Å². The van der Waals surface area contributed by atoms with Crippen LogP contribution in [-0.2, 0) is 0 Å². The molecule has 0 aromatic carbocycles. The summed E-state index contributed by atoms with van der Waals surface area (Å²) in [5.74, 6) is 0. The Morgan fingerprint density at radius 2 is 1.55 bits per heavy atom. The second-order valence-corrected chi connectivity index (χ2v) is 5.85. The first kappa shape index (κ1) is 17.1. The normalized spacial score (nSPS) is 16.0. The van der Waals surface area contributed by atoms with Crippen molar-refractivity contribution in [3.8, 4) is 0 Å². The van der Waals surface area contributed by atoms with Crippen LogP contribution in [0.4, 0.5) is 0 Å². The highest BCUT2D eigenvalue weighted by molar-refractivity contribution is 5.29. The fourth-order valence-corrected chi connectivity index (χ4v) is 2.58. The summed E-state index contributed by atoms with van der Waals surface area (Å²) >= 11 is 0. The topological polar surface area (TPSA) is 3.24 Å². The lowest BCUT2D eigenvalue weighted by Gasteiger charge is -2.22. The Hall–Kier alpha value is -0.980. The van der Waals surface area contributed by atoms with E-state index in [0.29, 0.717) is 0 Å². The predicted molar refractivity (Wildman–Crippen MR) is 90.8 cm³/mol. The van der Waals surface area contributed by atoms with Crippen LogP contribution in [0.5, 0.6) is 0 Å². The minimum Gasteiger partial charge on any atom is -0.377 e. The Morgan fingerprint density at radius 1 is 0.900 bits per heavy atom. The van der Waals surface area contributed by atoms with Crippen molar-refractivity contribution < 1.29 is 0 Å². The summed E-state index contributed by atoms with van der Waals surface area (Å²) in [6.45, 7) is 7.02. The van der Waals surface area contributed by atoms with Crippen LogP contribution >= 0.6 is 0 Å². The molecule has 0 heterocycles. The molecule has 20 heavy (non-hydrogen) atoms. The van der Waals surface area contributed by atoms with Crippen molar-refractivity contribution in [2.45, 2.75) is 71.6 Å². The van der Waals surface area contributed by atoms with E-state index in [9.17, 15) is 0 Å². The summed E-state index contributed by atoms with van der Waals surface area (Å²) in [6, 6.07) is 0. The molecule has 0 aromatic heterocycles. The van der Waals surface area contributed by atoms with Crippen LogP contribution < -0.4 is 0 Å². The van der Waals surface area contributed by atoms with Gasteiger partial charge in [-0.05, 0) is 24.8 Å². The summed E-state index contributed by atoms with van der Waals surface area (Å²) in [4.78, 5) is 2.56. The molecule has 1 nitrogen and oxygen atoms in total. The predicted octanol–water partition coefficient (Wildman–Crippen LogP) is 5.85. The first-order valence-electron chi connectivity index (χ1n) is 8.64. The van der Waals surface area contributed by atoms with Crippen molar-refractivity contribution in [2.75, 3.05) is 13.1 Å². The van der Waals surface area contributed by atoms with E-state index in [2.05, 4.69) is 49.3 Å². The molecule has 0 saturated carbocycles. The van der Waals surface area contributed by atoms with Crippen LogP contribution in [0.2, 0.25) is 0 Å². The lowest BCUT2D eigenvalue weighted by molar-refractivity contribution is 0.349. The molecular weight excluding hydrogens is 242 g/mol. The highest BCUT2D eigenvalue weighted by atomic mass is 15.1. The number of hydrogen-bond donors (Lipinski definition) is 0. The molecule has 0 aromatic rings. The third kappa shape index (κ3) is 8.24. The van der Waals surface area contributed by atoms with E-state index in [1.165, 1.54) is 70.0 Å². The molecule has 1 aliphatic carbocycles. The maximum atomic E-state index is 2.56. The number of nitrogens with zero attached hydrogens (tertiary/aromatic N) is 1. The average molecular weight is 275 g/mol. The minimum absolute atomic E-state index is 1.09. The van der Waals surface area contributed by atoms with E-state index in [1.807, 2.05) is 0 Å². The monoisotopic (exact) mass is 275 g/mol. The second-order valence-electron chi connectivity index (χ2n) is 5.85. The molecule has 1 aliphatic rings. The van der Waals surface area contributed by atoms with Crippen molar-refractivity contribution in [3.05, 3.63) is 36.1 Å². The molecule has 114 valence electrons. The van der Waals surface area contributed by atoms with E-state index >= 15 is 0 Å². The molecule has 1 heteroatoms. The zero-order chi connectivity index (χ0) is 14.5. The van der Waals surface area contributed by atoms with E-state index < -0.39 is 0 Å². The lowest BCUT2D eigenvalue weighted by Crippen LogP contribution is -2.21. The van der Waals surface area contributed by atoms with Crippen LogP contribution in [0.3, 0.4) is 0 Å². The highest BCUT2D eigenvalue weighted by Crippen LogP contribution is 2.13. The Morgan fingerprint density at radius 3 is 2.05 bits per heavy atom. The average Bonchev–Trinajstić information content (AvgIpc) is 2.49. The van der Waals surface area contributed by atoms with Gasteiger partial charge in [0.1, 0.15) is 0 Å². The van der Waals surface area contributed by atoms with E-state index in [4.69, 9.17) is 0 Å². The summed E-state index contributed by atoms with van der Waals surface area (Å²) < 4.78 is 0. The molecule has 0 aliphatic heterocycles. The van der Waals surface area contributed by atoms with Crippen LogP contribution in [-0.4, -0.2) is 18.0 Å². The highest BCUT2D eigenvalue weighted by Gasteiger charge is 2.02. The molecule has 0 fully saturated rings. The molecule has 0 amide bonds. The van der Waals surface area contributed by atoms with Gasteiger partial charge in [0.15, 0.2) is 0 Å². The van der Waals surface area contributed by atoms with Crippen molar-refractivity contribution in [1.82, 2.24) is 4.90 Å². The van der Waals surface area contributed by atoms with Gasteiger partial charge in [-0.25, -0.2) is 0 Å². The van der Waals surface area contributed by atoms with Crippen molar-refractivity contribution in [2.24, 2.45) is 0 Å². The van der Waals surface area contributed by atoms with Crippen molar-refractivity contribution in [3.63, 3.8) is 0 Å². The van der Waals surface area contributed by atoms with Gasteiger partial charge >= 0.3 is 0 Å². The van der Waals surface area contributed by atoms with Gasteiger partial charge in [-0.1, -0.05) is 76.7 Å². The fourth-order valence-electron chi connectivity index (χ4n) is 2.58. The summed E-state index contributed by atoms with van der Waals surface area (Å²) in [5, 5.41) is 0. The number of unbranched alkanes of at least 4 members (excludes halogenated alkanes) is 6. The molecule has 0 spiro atoms. The van der Waals surface area contributed by atoms with Gasteiger partial charge in [-0.3, -0.25) is 0 Å². The van der Waals surface area contributed by atoms with Crippen LogP contribution in [0.15, 0.2) is 36.1 Å². The van der Waals surface area contributed by atoms with Crippen molar-refractivity contribution in [1.29, 1.82) is 0 Å². The summed E-state index contributed by atoms with van der Waals surface area (Å²) in [6.07, 6.45) is 23.1. The van der Waals surface area contributed by atoms with E-state index in [1.54, 1.807) is 0 Å². The molecule has 0 saturated heterocycles. The maximum Gasteiger partial charge on any atom is 0.0172 e. The molecule has 0 unspecified atom stereocenters. The van der Waals surface area contributed by atoms with Gasteiger partial charge in [0.05, 0.1) is 0 Å². The fraction of sp³-hybridized carbons (Fsp3) is 0.684. The largest absolute Gasteiger partial charge is 0.377 e. The van der Waals surface area contributed by atoms with E-state index in [0.717, 1.165) is 6.42 Å². The lowest BCUT2D eigenvalue weighted by atomic mass is 10.1. The second kappa shape index (κ2) is 11.8. The third-order valence-corrected chi connectivity index (χ3v) is 3.86. The number of allylic oxidation sites excluding steroid dienone is 5. The number of hydrogen-bond acceptors (Lipinski definition) is 1. The molecular formula is C19H33N. The van der Waals surface area contributed by atoms with Gasteiger partial charge < -0.3 is 4.90 Å². The minimum atomic E-state index is 1.09. The van der Waals surface area contributed by atoms with Crippen molar-refractivity contribution >= 4 is 0 Å². The Labute approximate surface area is 126 Å². The van der Waals surface area contributed by atoms with Crippen LogP contribution in [0.1, 0.15) is 71.6 Å². The molecule has 1 rings (SSSR count). The molecule has 0 atom stereocenters. The molecule has 0 bridgehead atoms. The summed E-state index contributed by atoms with van der Waals surface area (Å²) in [7, 11) is 0. The summed E-state index contributed by atoms with van der Waals surface area (Å²) in [5.41, 5.74) is 1.46. The van der Waals surface area contributed by atoms with Gasteiger partial charge in [0.2, 0.25) is 0 Å². The Balaban J connectivity index is 2.36. The van der Waals surface area contributed by atoms with Crippen LogP contribution in [0.25, 0.3) is 0 Å². The van der Waals surface area contributed by atoms with Gasteiger partial charge in [-0.2, -0.15) is 0 Å². The van der Waals surface area contributed by atoms with Crippen LogP contribution in [0, 0.1) is 0 Å². The maximum absolute atomic E-state index is 2.56. The Bertz CT molecular complexity index is 300. The third-order valence-electron chi connectivity index (χ3n) is 3.86.